The van der Waals surface area contributed by atoms with Gasteiger partial charge in [-0.05, 0) is 68.4 Å². The fourth-order valence-electron chi connectivity index (χ4n) is 5.95. The van der Waals surface area contributed by atoms with E-state index in [4.69, 9.17) is 15.1 Å². The average Bonchev–Trinajstić information content (AvgIpc) is 3.45. The van der Waals surface area contributed by atoms with Gasteiger partial charge >= 0.3 is 0 Å². The molecular weight excluding hydrogens is 478 g/mol. The average molecular weight is 510 g/mol. The van der Waals surface area contributed by atoms with E-state index in [1.165, 1.54) is 51.1 Å². The lowest BCUT2D eigenvalue weighted by atomic mass is 9.93. The fraction of sp³-hybridized carbons (Fsp3) is 0.379. The summed E-state index contributed by atoms with van der Waals surface area (Å²) in [5.41, 5.74) is 9.86. The maximum atomic E-state index is 4.95. The summed E-state index contributed by atoms with van der Waals surface area (Å²) in [6.07, 6.45) is 8.41. The van der Waals surface area contributed by atoms with Crippen molar-refractivity contribution in [2.24, 2.45) is 0 Å². The van der Waals surface area contributed by atoms with Gasteiger partial charge in [-0.1, -0.05) is 18.2 Å². The van der Waals surface area contributed by atoms with Crippen LogP contribution >= 0.6 is 11.3 Å². The molecule has 4 heterocycles. The Kier molecular flexibility index (Phi) is 5.66. The third-order valence-electron chi connectivity index (χ3n) is 7.98. The lowest BCUT2D eigenvalue weighted by Gasteiger charge is -2.37. The number of para-hydroxylation sites is 1. The first kappa shape index (κ1) is 22.8. The van der Waals surface area contributed by atoms with Crippen LogP contribution < -0.4 is 5.01 Å². The van der Waals surface area contributed by atoms with Crippen molar-refractivity contribution in [1.82, 2.24) is 29.7 Å². The Balaban J connectivity index is 1.16. The van der Waals surface area contributed by atoms with E-state index in [0.29, 0.717) is 0 Å². The van der Waals surface area contributed by atoms with Crippen LogP contribution in [0.25, 0.3) is 32.9 Å². The maximum Gasteiger partial charge on any atom is 0.138 e. The summed E-state index contributed by atoms with van der Waals surface area (Å²) in [6, 6.07) is 10.6. The minimum atomic E-state index is 0.925. The molecule has 37 heavy (non-hydrogen) atoms. The molecule has 4 aliphatic rings. The van der Waals surface area contributed by atoms with E-state index in [0.717, 1.165) is 67.5 Å². The Labute approximate surface area is 221 Å². The van der Waals surface area contributed by atoms with Crippen molar-refractivity contribution in [1.29, 1.82) is 0 Å². The van der Waals surface area contributed by atoms with E-state index >= 15 is 0 Å². The molecule has 0 atom stereocenters. The standard InChI is InChI=1S/C29H31N7S/c1-19-20(2)37-29(33-19)26-23-8-4-5-9-24(23)28-27(26)31-18-32-36(28)35-13-11-34(12-14-35)17-21-15-22-7-3-6-10-25(22)30-16-21/h3,6-7,10,15-16,18H,4-5,8-9,11-14,17H2,1-2H3. The summed E-state index contributed by atoms with van der Waals surface area (Å²) in [7, 11) is 0. The van der Waals surface area contributed by atoms with Crippen LogP contribution in [0.1, 0.15) is 40.1 Å². The highest BCUT2D eigenvalue weighted by molar-refractivity contribution is 7.15. The van der Waals surface area contributed by atoms with Crippen LogP contribution in [-0.2, 0) is 19.4 Å². The van der Waals surface area contributed by atoms with Crippen molar-refractivity contribution in [3.8, 4) is 22.0 Å². The number of pyridine rings is 1. The first-order valence-electron chi connectivity index (χ1n) is 13.3. The summed E-state index contributed by atoms with van der Waals surface area (Å²) >= 11 is 1.80. The smallest absolute Gasteiger partial charge is 0.138 e. The molecule has 7 nitrogen and oxygen atoms in total. The molecule has 1 aromatic carbocycles. The summed E-state index contributed by atoms with van der Waals surface area (Å²) in [5.74, 6) is 0. The number of piperazine rings is 1. The van der Waals surface area contributed by atoms with Gasteiger partial charge in [0, 0.05) is 54.7 Å². The van der Waals surface area contributed by atoms with E-state index in [9.17, 15) is 0 Å². The van der Waals surface area contributed by atoms with Gasteiger partial charge < -0.3 is 0 Å². The second-order valence-electron chi connectivity index (χ2n) is 10.3. The molecule has 1 saturated heterocycles. The van der Waals surface area contributed by atoms with E-state index in [2.05, 4.69) is 57.8 Å². The maximum absolute atomic E-state index is 4.95. The first-order chi connectivity index (χ1) is 18.2. The molecule has 8 heteroatoms. The molecule has 1 fully saturated rings. The molecule has 2 aliphatic heterocycles. The van der Waals surface area contributed by atoms with Gasteiger partial charge in [-0.15, -0.1) is 16.4 Å². The molecule has 7 rings (SSSR count). The third kappa shape index (κ3) is 3.99. The molecule has 188 valence electrons. The molecule has 0 unspecified atom stereocenters. The minimum Gasteiger partial charge on any atom is -0.295 e. The van der Waals surface area contributed by atoms with E-state index in [1.807, 2.05) is 12.3 Å². The lowest BCUT2D eigenvalue weighted by Crippen LogP contribution is -2.51. The number of fused-ring (bicyclic) bond motifs is 4. The van der Waals surface area contributed by atoms with E-state index in [-0.39, 0.29) is 0 Å². The van der Waals surface area contributed by atoms with Crippen LogP contribution in [0, 0.1) is 13.8 Å². The number of thiazole rings is 1. The molecule has 2 aliphatic carbocycles. The molecule has 0 N–H and O–H groups in total. The SMILES string of the molecule is Cc1nc(-c2c3ncnn(N4CCN(Cc5cnc6ccccc6c5)CC4)c-3c3c2CCCC3)sc1C. The monoisotopic (exact) mass is 509 g/mol. The number of aryl methyl sites for hydroxylation is 2. The summed E-state index contributed by atoms with van der Waals surface area (Å²) in [6.45, 7) is 9.05. The van der Waals surface area contributed by atoms with Crippen molar-refractivity contribution >= 4 is 22.2 Å². The Morgan fingerprint density at radius 2 is 1.76 bits per heavy atom. The topological polar surface area (TPSA) is 63.0 Å². The van der Waals surface area contributed by atoms with Gasteiger partial charge in [0.05, 0.1) is 11.2 Å². The Morgan fingerprint density at radius 3 is 2.57 bits per heavy atom. The van der Waals surface area contributed by atoms with Crippen molar-refractivity contribution in [3.63, 3.8) is 0 Å². The van der Waals surface area contributed by atoms with Gasteiger partial charge in [0.1, 0.15) is 22.7 Å². The highest BCUT2D eigenvalue weighted by Gasteiger charge is 2.33. The Morgan fingerprint density at radius 1 is 0.946 bits per heavy atom. The fourth-order valence-corrected chi connectivity index (χ4v) is 6.94. The van der Waals surface area contributed by atoms with Crippen LogP contribution in [0.5, 0.6) is 0 Å². The van der Waals surface area contributed by atoms with Crippen molar-refractivity contribution in [2.75, 3.05) is 31.2 Å². The van der Waals surface area contributed by atoms with E-state index in [1.54, 1.807) is 17.7 Å². The number of hydrogen-bond donors (Lipinski definition) is 0. The van der Waals surface area contributed by atoms with Gasteiger partial charge in [0.15, 0.2) is 0 Å². The highest BCUT2D eigenvalue weighted by Crippen LogP contribution is 2.46. The molecule has 0 spiro atoms. The zero-order chi connectivity index (χ0) is 24.9. The molecule has 2 aromatic heterocycles. The number of hydrogen-bond acceptors (Lipinski definition) is 7. The third-order valence-corrected chi connectivity index (χ3v) is 9.07. The number of rotatable bonds is 4. The molecule has 0 amide bonds. The van der Waals surface area contributed by atoms with Crippen molar-refractivity contribution in [2.45, 2.75) is 46.1 Å². The van der Waals surface area contributed by atoms with Gasteiger partial charge in [-0.25, -0.2) is 9.97 Å². The molecule has 0 bridgehead atoms. The summed E-state index contributed by atoms with van der Waals surface area (Å²) < 4.78 is 0. The second kappa shape index (κ2) is 9.19. The predicted molar refractivity (Wildman–Crippen MR) is 149 cm³/mol. The Bertz CT molecular complexity index is 1540. The van der Waals surface area contributed by atoms with E-state index < -0.39 is 0 Å². The lowest BCUT2D eigenvalue weighted by molar-refractivity contribution is 0.227. The van der Waals surface area contributed by atoms with Crippen molar-refractivity contribution < 1.29 is 0 Å². The van der Waals surface area contributed by atoms with Crippen LogP contribution in [-0.4, -0.2) is 55.9 Å². The number of benzene rings is 1. The molecule has 0 radical (unpaired) electrons. The largest absolute Gasteiger partial charge is 0.295 e. The van der Waals surface area contributed by atoms with Gasteiger partial charge in [-0.2, -0.15) is 4.79 Å². The van der Waals surface area contributed by atoms with Crippen LogP contribution in [0.15, 0.2) is 42.9 Å². The predicted octanol–water partition coefficient (Wildman–Crippen LogP) is 5.00. The Hall–Kier alpha value is -3.36. The van der Waals surface area contributed by atoms with Crippen LogP contribution in [0.3, 0.4) is 0 Å². The summed E-state index contributed by atoms with van der Waals surface area (Å²) in [5, 5.41) is 9.52. The van der Waals surface area contributed by atoms with Crippen LogP contribution in [0.2, 0.25) is 0 Å². The van der Waals surface area contributed by atoms with Gasteiger partial charge in [-0.3, -0.25) is 14.9 Å². The zero-order valence-electron chi connectivity index (χ0n) is 21.4. The second-order valence-corrected chi connectivity index (χ2v) is 11.5. The van der Waals surface area contributed by atoms with Gasteiger partial charge in [0.2, 0.25) is 0 Å². The normalized spacial score (nSPS) is 16.5. The number of aromatic nitrogens is 5. The van der Waals surface area contributed by atoms with Crippen molar-refractivity contribution in [3.05, 3.63) is 70.1 Å². The van der Waals surface area contributed by atoms with Gasteiger partial charge in [0.25, 0.3) is 0 Å². The zero-order valence-corrected chi connectivity index (χ0v) is 22.3. The highest BCUT2D eigenvalue weighted by atomic mass is 32.1. The summed E-state index contributed by atoms with van der Waals surface area (Å²) in [4.78, 5) is 20.4. The number of nitrogens with zero attached hydrogens (tertiary/aromatic N) is 7. The minimum absolute atomic E-state index is 0.925. The molecule has 3 aromatic rings. The first-order valence-corrected chi connectivity index (χ1v) is 14.1. The van der Waals surface area contributed by atoms with Crippen LogP contribution in [0.4, 0.5) is 0 Å². The quantitative estimate of drug-likeness (QED) is 0.340. The molecular formula is C29H31N7S. The molecule has 0 saturated carbocycles.